The van der Waals surface area contributed by atoms with Gasteiger partial charge in [0.25, 0.3) is 0 Å². The van der Waals surface area contributed by atoms with Gasteiger partial charge in [-0.25, -0.2) is 4.68 Å². The first-order valence-electron chi connectivity index (χ1n) is 8.22. The molecule has 0 fully saturated rings. The molecule has 5 nitrogen and oxygen atoms in total. The highest BCUT2D eigenvalue weighted by Crippen LogP contribution is 2.28. The van der Waals surface area contributed by atoms with Crippen molar-refractivity contribution in [1.29, 1.82) is 5.26 Å². The number of rotatable bonds is 3. The second-order valence-corrected chi connectivity index (χ2v) is 5.91. The van der Waals surface area contributed by atoms with E-state index in [0.29, 0.717) is 5.56 Å². The van der Waals surface area contributed by atoms with E-state index in [1.165, 1.54) is 5.39 Å². The molecule has 0 aliphatic carbocycles. The maximum Gasteiger partial charge on any atom is 0.101 e. The van der Waals surface area contributed by atoms with E-state index < -0.39 is 0 Å². The van der Waals surface area contributed by atoms with Crippen LogP contribution in [0.15, 0.2) is 54.7 Å². The Morgan fingerprint density at radius 1 is 1.12 bits per heavy atom. The van der Waals surface area contributed by atoms with Crippen LogP contribution in [0.3, 0.4) is 0 Å². The van der Waals surface area contributed by atoms with Gasteiger partial charge in [-0.2, -0.15) is 15.5 Å². The largest absolute Gasteiger partial charge is 0.268 e. The fourth-order valence-corrected chi connectivity index (χ4v) is 3.22. The van der Waals surface area contributed by atoms with Gasteiger partial charge < -0.3 is 0 Å². The zero-order chi connectivity index (χ0) is 17.4. The minimum atomic E-state index is 0.599. The monoisotopic (exact) mass is 327 g/mol. The third kappa shape index (κ3) is 2.39. The number of aryl methyl sites for hydroxylation is 2. The van der Waals surface area contributed by atoms with Crippen LogP contribution in [-0.4, -0.2) is 19.6 Å². The topological polar surface area (TPSA) is 59.4 Å². The third-order valence-corrected chi connectivity index (χ3v) is 4.45. The Kier molecular flexibility index (Phi) is 3.58. The van der Waals surface area contributed by atoms with E-state index in [-0.39, 0.29) is 0 Å². The van der Waals surface area contributed by atoms with Crippen LogP contribution in [0.25, 0.3) is 27.8 Å². The first-order valence-corrected chi connectivity index (χ1v) is 8.22. The van der Waals surface area contributed by atoms with Crippen LogP contribution in [-0.2, 0) is 13.5 Å². The lowest BCUT2D eigenvalue weighted by atomic mass is 10.1. The summed E-state index contributed by atoms with van der Waals surface area (Å²) in [5.74, 6) is 0. The van der Waals surface area contributed by atoms with Crippen LogP contribution in [0.4, 0.5) is 0 Å². The normalized spacial score (nSPS) is 10.9. The van der Waals surface area contributed by atoms with Crippen LogP contribution in [0, 0.1) is 11.3 Å². The SMILES string of the molecule is CCc1nn(C)c2cc(-c3ccnn3-c3ccccc3C#N)ccc12. The second-order valence-electron chi connectivity index (χ2n) is 5.91. The minimum Gasteiger partial charge on any atom is -0.268 e. The molecule has 0 aliphatic heterocycles. The average Bonchev–Trinajstić information content (AvgIpc) is 3.26. The summed E-state index contributed by atoms with van der Waals surface area (Å²) in [6.07, 6.45) is 2.67. The molecule has 0 atom stereocenters. The van der Waals surface area contributed by atoms with Crippen LogP contribution >= 0.6 is 0 Å². The molecule has 122 valence electrons. The summed E-state index contributed by atoms with van der Waals surface area (Å²) in [6, 6.07) is 18.0. The lowest BCUT2D eigenvalue weighted by Crippen LogP contribution is -2.01. The molecule has 0 spiro atoms. The fraction of sp³-hybridized carbons (Fsp3) is 0.150. The van der Waals surface area contributed by atoms with Gasteiger partial charge in [0, 0.05) is 18.0 Å². The summed E-state index contributed by atoms with van der Waals surface area (Å²) in [7, 11) is 1.97. The van der Waals surface area contributed by atoms with Gasteiger partial charge in [-0.05, 0) is 30.7 Å². The van der Waals surface area contributed by atoms with Crippen molar-refractivity contribution in [2.45, 2.75) is 13.3 Å². The zero-order valence-corrected chi connectivity index (χ0v) is 14.1. The smallest absolute Gasteiger partial charge is 0.101 e. The van der Waals surface area contributed by atoms with Gasteiger partial charge in [0.1, 0.15) is 6.07 Å². The fourth-order valence-electron chi connectivity index (χ4n) is 3.22. The predicted octanol–water partition coefficient (Wildman–Crippen LogP) is 3.86. The molecule has 2 aromatic heterocycles. The van der Waals surface area contributed by atoms with E-state index in [4.69, 9.17) is 0 Å². The zero-order valence-electron chi connectivity index (χ0n) is 14.1. The average molecular weight is 327 g/mol. The molecule has 4 rings (SSSR count). The molecule has 0 amide bonds. The first-order chi connectivity index (χ1) is 12.2. The summed E-state index contributed by atoms with van der Waals surface area (Å²) in [4.78, 5) is 0. The Labute approximate surface area is 145 Å². The summed E-state index contributed by atoms with van der Waals surface area (Å²) < 4.78 is 3.73. The summed E-state index contributed by atoms with van der Waals surface area (Å²) in [5, 5.41) is 19.6. The Morgan fingerprint density at radius 2 is 1.96 bits per heavy atom. The number of fused-ring (bicyclic) bond motifs is 1. The molecule has 25 heavy (non-hydrogen) atoms. The van der Waals surface area contributed by atoms with Gasteiger partial charge in [-0.1, -0.05) is 31.2 Å². The van der Waals surface area contributed by atoms with E-state index >= 15 is 0 Å². The number of aromatic nitrogens is 4. The number of nitrogens with zero attached hydrogens (tertiary/aromatic N) is 5. The van der Waals surface area contributed by atoms with Crippen molar-refractivity contribution in [2.24, 2.45) is 7.05 Å². The molecule has 0 N–H and O–H groups in total. The van der Waals surface area contributed by atoms with Crippen LogP contribution < -0.4 is 0 Å². The molecule has 2 heterocycles. The molecule has 5 heteroatoms. The van der Waals surface area contributed by atoms with Gasteiger partial charge >= 0.3 is 0 Å². The highest BCUT2D eigenvalue weighted by atomic mass is 15.3. The third-order valence-electron chi connectivity index (χ3n) is 4.45. The van der Waals surface area contributed by atoms with Crippen molar-refractivity contribution in [3.8, 4) is 23.0 Å². The highest BCUT2D eigenvalue weighted by Gasteiger charge is 2.13. The molecule has 4 aromatic rings. The van der Waals surface area contributed by atoms with Gasteiger partial charge in [0.05, 0.1) is 34.4 Å². The lowest BCUT2D eigenvalue weighted by molar-refractivity contribution is 0.770. The van der Waals surface area contributed by atoms with Crippen molar-refractivity contribution in [3.63, 3.8) is 0 Å². The lowest BCUT2D eigenvalue weighted by Gasteiger charge is -2.09. The number of nitriles is 1. The Hall–Kier alpha value is -3.39. The number of benzene rings is 2. The van der Waals surface area contributed by atoms with E-state index in [9.17, 15) is 5.26 Å². The molecule has 0 aliphatic rings. The maximum absolute atomic E-state index is 9.38. The molecule has 0 radical (unpaired) electrons. The Morgan fingerprint density at radius 3 is 2.76 bits per heavy atom. The molecule has 0 saturated heterocycles. The molecular formula is C20H17N5. The van der Waals surface area contributed by atoms with Crippen LogP contribution in [0.1, 0.15) is 18.2 Å². The first kappa shape index (κ1) is 15.2. The van der Waals surface area contributed by atoms with E-state index in [2.05, 4.69) is 41.4 Å². The second kappa shape index (κ2) is 5.91. The quantitative estimate of drug-likeness (QED) is 0.574. The minimum absolute atomic E-state index is 0.599. The summed E-state index contributed by atoms with van der Waals surface area (Å²) >= 11 is 0. The van der Waals surface area contributed by atoms with Crippen LogP contribution in [0.2, 0.25) is 0 Å². The van der Waals surface area contributed by atoms with Gasteiger partial charge in [0.2, 0.25) is 0 Å². The van der Waals surface area contributed by atoms with Crippen molar-refractivity contribution < 1.29 is 0 Å². The maximum atomic E-state index is 9.38. The molecule has 0 bridgehead atoms. The van der Waals surface area contributed by atoms with E-state index in [0.717, 1.165) is 34.6 Å². The van der Waals surface area contributed by atoms with Crippen molar-refractivity contribution in [1.82, 2.24) is 19.6 Å². The predicted molar refractivity (Wildman–Crippen MR) is 97.4 cm³/mol. The number of hydrogen-bond donors (Lipinski definition) is 0. The van der Waals surface area contributed by atoms with Gasteiger partial charge in [-0.15, -0.1) is 0 Å². The van der Waals surface area contributed by atoms with Gasteiger partial charge in [0.15, 0.2) is 0 Å². The van der Waals surface area contributed by atoms with Crippen molar-refractivity contribution >= 4 is 10.9 Å². The summed E-state index contributed by atoms with van der Waals surface area (Å²) in [5.41, 5.74) is 5.57. The standard InChI is InChI=1S/C20H17N5/c1-3-17-16-9-8-14(12-20(16)24(2)23-17)19-10-11-22-25(19)18-7-5-4-6-15(18)13-21/h4-12H,3H2,1-2H3. The van der Waals surface area contributed by atoms with Crippen LogP contribution in [0.5, 0.6) is 0 Å². The van der Waals surface area contributed by atoms with Crippen molar-refractivity contribution in [3.05, 3.63) is 66.0 Å². The van der Waals surface area contributed by atoms with Crippen molar-refractivity contribution in [2.75, 3.05) is 0 Å². The molecular weight excluding hydrogens is 310 g/mol. The molecule has 0 saturated carbocycles. The Balaban J connectivity index is 1.90. The highest BCUT2D eigenvalue weighted by molar-refractivity contribution is 5.86. The summed E-state index contributed by atoms with van der Waals surface area (Å²) in [6.45, 7) is 2.11. The molecule has 0 unspecified atom stereocenters. The number of hydrogen-bond acceptors (Lipinski definition) is 3. The van der Waals surface area contributed by atoms with Gasteiger partial charge in [-0.3, -0.25) is 4.68 Å². The van der Waals surface area contributed by atoms with E-state index in [1.54, 1.807) is 12.3 Å². The Bertz CT molecular complexity index is 1110. The van der Waals surface area contributed by atoms with E-state index in [1.807, 2.05) is 40.7 Å². The molecule has 2 aromatic carbocycles. The number of para-hydroxylation sites is 1.